The summed E-state index contributed by atoms with van der Waals surface area (Å²) in [6.45, 7) is 5.47. The van der Waals surface area contributed by atoms with Crippen LogP contribution in [0.15, 0.2) is 70.7 Å². The van der Waals surface area contributed by atoms with E-state index in [0.717, 1.165) is 17.9 Å². The molecule has 4 rings (SSSR count). The molecule has 0 fully saturated rings. The van der Waals surface area contributed by atoms with E-state index in [0.29, 0.717) is 40.0 Å². The summed E-state index contributed by atoms with van der Waals surface area (Å²) >= 11 is 1.39. The number of anilines is 1. The molecule has 0 radical (unpaired) electrons. The fourth-order valence-corrected chi connectivity index (χ4v) is 4.85. The molecule has 0 spiro atoms. The van der Waals surface area contributed by atoms with Crippen LogP contribution in [0.2, 0.25) is 0 Å². The van der Waals surface area contributed by atoms with E-state index < -0.39 is 5.82 Å². The average molecular weight is 522 g/mol. The highest BCUT2D eigenvalue weighted by molar-refractivity contribution is 7.99. The van der Waals surface area contributed by atoms with Gasteiger partial charge in [-0.25, -0.2) is 4.39 Å². The molecule has 0 unspecified atom stereocenters. The molecule has 7 nitrogen and oxygen atoms in total. The van der Waals surface area contributed by atoms with Crippen LogP contribution in [0.5, 0.6) is 11.5 Å². The van der Waals surface area contributed by atoms with Crippen LogP contribution in [-0.4, -0.2) is 57.1 Å². The van der Waals surface area contributed by atoms with E-state index in [1.807, 2.05) is 58.3 Å². The molecule has 0 atom stereocenters. The lowest BCUT2D eigenvalue weighted by atomic mass is 9.98. The Morgan fingerprint density at radius 3 is 2.43 bits per heavy atom. The number of phenols is 2. The van der Waals surface area contributed by atoms with Gasteiger partial charge in [-0.1, -0.05) is 32.0 Å². The zero-order valence-corrected chi connectivity index (χ0v) is 22.3. The van der Waals surface area contributed by atoms with Crippen LogP contribution >= 0.6 is 11.8 Å². The van der Waals surface area contributed by atoms with Crippen LogP contribution in [0.3, 0.4) is 0 Å². The molecule has 0 amide bonds. The zero-order valence-electron chi connectivity index (χ0n) is 21.4. The second kappa shape index (κ2) is 11.7. The van der Waals surface area contributed by atoms with Crippen LogP contribution in [0.1, 0.15) is 31.7 Å². The summed E-state index contributed by atoms with van der Waals surface area (Å²) in [5.74, 6) is -0.146. The molecule has 37 heavy (non-hydrogen) atoms. The molecular formula is C28H32FN5O2S. The highest BCUT2D eigenvalue weighted by Crippen LogP contribution is 2.40. The third kappa shape index (κ3) is 6.23. The van der Waals surface area contributed by atoms with E-state index >= 15 is 4.39 Å². The number of aromatic nitrogens is 3. The van der Waals surface area contributed by atoms with Gasteiger partial charge < -0.3 is 20.4 Å². The van der Waals surface area contributed by atoms with Crippen LogP contribution in [-0.2, 0) is 0 Å². The number of hydrogen-bond donors (Lipinski definition) is 3. The first-order valence-electron chi connectivity index (χ1n) is 12.2. The maximum Gasteiger partial charge on any atom is 0.200 e. The predicted molar refractivity (Wildman–Crippen MR) is 146 cm³/mol. The SMILES string of the molecule is CC(C)c1cc(-c2nnc(Sc3ccccc3)n2-c2ccc(NCCCN(C)C)c(F)c2)c(O)cc1O. The van der Waals surface area contributed by atoms with Crippen molar-refractivity contribution in [3.63, 3.8) is 0 Å². The zero-order chi connectivity index (χ0) is 26.5. The Bertz CT molecular complexity index is 1360. The highest BCUT2D eigenvalue weighted by Gasteiger charge is 2.22. The second-order valence-electron chi connectivity index (χ2n) is 9.39. The number of aromatic hydroxyl groups is 2. The molecule has 9 heteroatoms. The van der Waals surface area contributed by atoms with Gasteiger partial charge in [-0.05, 0) is 80.6 Å². The standard InChI is InChI=1S/C28H32FN5O2S/c1-18(2)21-16-22(26(36)17-25(21)35)27-31-32-28(37-20-9-6-5-7-10-20)34(27)19-11-12-24(23(29)15-19)30-13-8-14-33(3)4/h5-7,9-12,15-18,30,35-36H,8,13-14H2,1-4H3. The van der Waals surface area contributed by atoms with Gasteiger partial charge in [0.15, 0.2) is 5.82 Å². The summed E-state index contributed by atoms with van der Waals surface area (Å²) in [6.07, 6.45) is 0.889. The molecule has 1 aromatic heterocycles. The molecule has 0 saturated heterocycles. The smallest absolute Gasteiger partial charge is 0.200 e. The molecular weight excluding hydrogens is 489 g/mol. The molecule has 0 saturated carbocycles. The number of phenolic OH excluding ortho intramolecular Hbond substituents is 2. The maximum atomic E-state index is 15.2. The van der Waals surface area contributed by atoms with Gasteiger partial charge >= 0.3 is 0 Å². The molecule has 1 heterocycles. The van der Waals surface area contributed by atoms with Crippen molar-refractivity contribution in [2.24, 2.45) is 0 Å². The fraction of sp³-hybridized carbons (Fsp3) is 0.286. The summed E-state index contributed by atoms with van der Waals surface area (Å²) < 4.78 is 16.9. The lowest BCUT2D eigenvalue weighted by Gasteiger charge is -2.16. The predicted octanol–water partition coefficient (Wildman–Crippen LogP) is 6.12. The third-order valence-corrected chi connectivity index (χ3v) is 6.86. The number of benzene rings is 3. The van der Waals surface area contributed by atoms with Crippen molar-refractivity contribution in [3.8, 4) is 28.6 Å². The lowest BCUT2D eigenvalue weighted by molar-refractivity contribution is 0.405. The van der Waals surface area contributed by atoms with Crippen molar-refractivity contribution in [3.05, 3.63) is 72.0 Å². The van der Waals surface area contributed by atoms with E-state index in [4.69, 9.17) is 0 Å². The molecule has 0 aliphatic carbocycles. The van der Waals surface area contributed by atoms with Gasteiger partial charge in [-0.3, -0.25) is 4.57 Å². The van der Waals surface area contributed by atoms with Crippen molar-refractivity contribution >= 4 is 17.4 Å². The van der Waals surface area contributed by atoms with Crippen LogP contribution < -0.4 is 5.32 Å². The average Bonchev–Trinajstić information content (AvgIpc) is 3.26. The molecule has 0 aliphatic rings. The quantitative estimate of drug-likeness (QED) is 0.217. The van der Waals surface area contributed by atoms with Gasteiger partial charge in [-0.2, -0.15) is 0 Å². The van der Waals surface area contributed by atoms with Gasteiger partial charge in [0.25, 0.3) is 0 Å². The molecule has 4 aromatic rings. The first-order chi connectivity index (χ1) is 17.7. The Morgan fingerprint density at radius 1 is 1.00 bits per heavy atom. The van der Waals surface area contributed by atoms with Crippen molar-refractivity contribution < 1.29 is 14.6 Å². The first-order valence-corrected chi connectivity index (χ1v) is 13.0. The molecule has 194 valence electrons. The lowest BCUT2D eigenvalue weighted by Crippen LogP contribution is -2.16. The van der Waals surface area contributed by atoms with E-state index in [2.05, 4.69) is 20.4 Å². The van der Waals surface area contributed by atoms with E-state index in [1.165, 1.54) is 23.9 Å². The van der Waals surface area contributed by atoms with Crippen molar-refractivity contribution in [1.82, 2.24) is 19.7 Å². The monoisotopic (exact) mass is 521 g/mol. The molecule has 0 aliphatic heterocycles. The Balaban J connectivity index is 1.77. The third-order valence-electron chi connectivity index (χ3n) is 5.90. The Kier molecular flexibility index (Phi) is 8.35. The van der Waals surface area contributed by atoms with Gasteiger partial charge in [0, 0.05) is 23.6 Å². The minimum absolute atomic E-state index is 0.0111. The molecule has 0 bridgehead atoms. The summed E-state index contributed by atoms with van der Waals surface area (Å²) in [5.41, 5.74) is 2.01. The summed E-state index contributed by atoms with van der Waals surface area (Å²) in [4.78, 5) is 3.03. The largest absolute Gasteiger partial charge is 0.508 e. The van der Waals surface area contributed by atoms with Crippen molar-refractivity contribution in [2.45, 2.75) is 36.2 Å². The van der Waals surface area contributed by atoms with Crippen LogP contribution in [0.4, 0.5) is 10.1 Å². The van der Waals surface area contributed by atoms with Crippen molar-refractivity contribution in [2.75, 3.05) is 32.5 Å². The van der Waals surface area contributed by atoms with Crippen LogP contribution in [0.25, 0.3) is 17.1 Å². The van der Waals surface area contributed by atoms with Crippen LogP contribution in [0, 0.1) is 5.82 Å². The minimum Gasteiger partial charge on any atom is -0.508 e. The summed E-state index contributed by atoms with van der Waals surface area (Å²) in [7, 11) is 4.01. The topological polar surface area (TPSA) is 86.4 Å². The Hall–Kier alpha value is -3.56. The Labute approximate surface area is 221 Å². The van der Waals surface area contributed by atoms with Gasteiger partial charge in [0.2, 0.25) is 5.16 Å². The number of hydrogen-bond acceptors (Lipinski definition) is 7. The number of halogens is 1. The van der Waals surface area contributed by atoms with E-state index in [-0.39, 0.29) is 17.4 Å². The fourth-order valence-electron chi connectivity index (χ4n) is 3.98. The second-order valence-corrected chi connectivity index (χ2v) is 10.4. The number of nitrogens with one attached hydrogen (secondary N) is 1. The van der Waals surface area contributed by atoms with E-state index in [1.54, 1.807) is 22.8 Å². The summed E-state index contributed by atoms with van der Waals surface area (Å²) in [5, 5.41) is 33.5. The Morgan fingerprint density at radius 2 is 1.76 bits per heavy atom. The number of nitrogens with zero attached hydrogens (tertiary/aromatic N) is 4. The van der Waals surface area contributed by atoms with Crippen molar-refractivity contribution in [1.29, 1.82) is 0 Å². The van der Waals surface area contributed by atoms with Gasteiger partial charge in [-0.15, -0.1) is 10.2 Å². The maximum absolute atomic E-state index is 15.2. The summed E-state index contributed by atoms with van der Waals surface area (Å²) in [6, 6.07) is 17.7. The minimum atomic E-state index is -0.393. The molecule has 3 aromatic carbocycles. The molecule has 3 N–H and O–H groups in total. The van der Waals surface area contributed by atoms with E-state index in [9.17, 15) is 10.2 Å². The number of rotatable bonds is 10. The van der Waals surface area contributed by atoms with Gasteiger partial charge in [0.05, 0.1) is 16.9 Å². The van der Waals surface area contributed by atoms with Gasteiger partial charge in [0.1, 0.15) is 17.3 Å². The highest BCUT2D eigenvalue weighted by atomic mass is 32.2. The normalized spacial score (nSPS) is 11.4. The first kappa shape index (κ1) is 26.5.